The van der Waals surface area contributed by atoms with Crippen LogP contribution < -0.4 is 10.2 Å². The predicted molar refractivity (Wildman–Crippen MR) is 66.7 cm³/mol. The van der Waals surface area contributed by atoms with Crippen LogP contribution in [0.2, 0.25) is 0 Å². The highest BCUT2D eigenvalue weighted by Crippen LogP contribution is 2.20. The highest BCUT2D eigenvalue weighted by molar-refractivity contribution is 5.88. The van der Waals surface area contributed by atoms with Crippen molar-refractivity contribution in [1.82, 2.24) is 15.3 Å². The second kappa shape index (κ2) is 4.90. The van der Waals surface area contributed by atoms with E-state index in [2.05, 4.69) is 26.3 Å². The summed E-state index contributed by atoms with van der Waals surface area (Å²) in [5, 5.41) is 4.23. The van der Waals surface area contributed by atoms with Gasteiger partial charge in [0.05, 0.1) is 5.52 Å². The lowest BCUT2D eigenvalue weighted by Gasteiger charge is -2.19. The molecule has 4 nitrogen and oxygen atoms in total. The zero-order valence-corrected chi connectivity index (χ0v) is 9.64. The standard InChI is InChI=1S/C12H16N4/c1-13-7-8-16(2)12-10-5-3-4-6-11(10)14-9-15-12/h3-6,9,13H,7-8H2,1-2H3. The average molecular weight is 216 g/mol. The minimum Gasteiger partial charge on any atom is -0.358 e. The first-order chi connectivity index (χ1) is 7.83. The van der Waals surface area contributed by atoms with Gasteiger partial charge in [0.25, 0.3) is 0 Å². The van der Waals surface area contributed by atoms with Crippen molar-refractivity contribution < 1.29 is 0 Å². The molecule has 1 N–H and O–H groups in total. The first-order valence-electron chi connectivity index (χ1n) is 5.38. The van der Waals surface area contributed by atoms with E-state index in [1.807, 2.05) is 32.3 Å². The molecule has 0 aliphatic carbocycles. The molecule has 2 rings (SSSR count). The molecule has 4 heteroatoms. The van der Waals surface area contributed by atoms with E-state index < -0.39 is 0 Å². The van der Waals surface area contributed by atoms with Gasteiger partial charge in [-0.05, 0) is 19.2 Å². The number of nitrogens with one attached hydrogen (secondary N) is 1. The highest BCUT2D eigenvalue weighted by atomic mass is 15.2. The number of anilines is 1. The van der Waals surface area contributed by atoms with Crippen LogP contribution in [0.25, 0.3) is 10.9 Å². The van der Waals surface area contributed by atoms with Crippen LogP contribution in [0.15, 0.2) is 30.6 Å². The fourth-order valence-electron chi connectivity index (χ4n) is 1.68. The van der Waals surface area contributed by atoms with Gasteiger partial charge in [0.1, 0.15) is 12.1 Å². The van der Waals surface area contributed by atoms with Gasteiger partial charge in [0.2, 0.25) is 0 Å². The van der Waals surface area contributed by atoms with E-state index in [4.69, 9.17) is 0 Å². The molecule has 1 aromatic carbocycles. The maximum Gasteiger partial charge on any atom is 0.139 e. The van der Waals surface area contributed by atoms with Gasteiger partial charge in [-0.25, -0.2) is 9.97 Å². The van der Waals surface area contributed by atoms with Crippen LogP contribution in [0.1, 0.15) is 0 Å². The Kier molecular flexibility index (Phi) is 3.31. The first kappa shape index (κ1) is 10.8. The summed E-state index contributed by atoms with van der Waals surface area (Å²) in [6.45, 7) is 1.87. The third kappa shape index (κ3) is 2.12. The third-order valence-corrected chi connectivity index (χ3v) is 2.58. The molecule has 0 atom stereocenters. The van der Waals surface area contributed by atoms with Crippen molar-refractivity contribution in [1.29, 1.82) is 0 Å². The molecule has 84 valence electrons. The molecule has 0 spiro atoms. The normalized spacial score (nSPS) is 10.6. The summed E-state index contributed by atoms with van der Waals surface area (Å²) < 4.78 is 0. The Morgan fingerprint density at radius 3 is 2.88 bits per heavy atom. The number of benzene rings is 1. The molecule has 2 aromatic rings. The van der Waals surface area contributed by atoms with Crippen LogP contribution in [0.4, 0.5) is 5.82 Å². The molecule has 0 unspecified atom stereocenters. The van der Waals surface area contributed by atoms with E-state index >= 15 is 0 Å². The lowest BCUT2D eigenvalue weighted by Crippen LogP contribution is -2.27. The number of aromatic nitrogens is 2. The van der Waals surface area contributed by atoms with Crippen molar-refractivity contribution >= 4 is 16.7 Å². The summed E-state index contributed by atoms with van der Waals surface area (Å²) in [6.07, 6.45) is 1.62. The van der Waals surface area contributed by atoms with Crippen LogP contribution >= 0.6 is 0 Å². The number of fused-ring (bicyclic) bond motifs is 1. The van der Waals surface area contributed by atoms with E-state index in [1.165, 1.54) is 0 Å². The largest absolute Gasteiger partial charge is 0.358 e. The zero-order valence-electron chi connectivity index (χ0n) is 9.64. The van der Waals surface area contributed by atoms with Gasteiger partial charge in [-0.2, -0.15) is 0 Å². The van der Waals surface area contributed by atoms with Crippen molar-refractivity contribution in [3.63, 3.8) is 0 Å². The molecule has 1 aromatic heterocycles. The number of rotatable bonds is 4. The monoisotopic (exact) mass is 216 g/mol. The third-order valence-electron chi connectivity index (χ3n) is 2.58. The molecular weight excluding hydrogens is 200 g/mol. The number of likely N-dealkylation sites (N-methyl/N-ethyl adjacent to an activating group) is 2. The molecule has 1 heterocycles. The molecule has 16 heavy (non-hydrogen) atoms. The van der Waals surface area contributed by atoms with Crippen LogP contribution in [0.3, 0.4) is 0 Å². The van der Waals surface area contributed by atoms with Crippen LogP contribution in [0.5, 0.6) is 0 Å². The van der Waals surface area contributed by atoms with Crippen LogP contribution in [0, 0.1) is 0 Å². The van der Waals surface area contributed by atoms with Gasteiger partial charge >= 0.3 is 0 Å². The summed E-state index contributed by atoms with van der Waals surface area (Å²) in [7, 11) is 4.00. The van der Waals surface area contributed by atoms with E-state index in [9.17, 15) is 0 Å². The Morgan fingerprint density at radius 1 is 1.25 bits per heavy atom. The molecule has 0 saturated carbocycles. The Labute approximate surface area is 95.3 Å². The van der Waals surface area contributed by atoms with Gasteiger partial charge < -0.3 is 10.2 Å². The quantitative estimate of drug-likeness (QED) is 0.836. The molecular formula is C12H16N4. The minimum atomic E-state index is 0.928. The first-order valence-corrected chi connectivity index (χ1v) is 5.38. The predicted octanol–water partition coefficient (Wildman–Crippen LogP) is 1.29. The molecule has 0 amide bonds. The van der Waals surface area contributed by atoms with E-state index in [0.29, 0.717) is 0 Å². The molecule has 0 saturated heterocycles. The van der Waals surface area contributed by atoms with Crippen molar-refractivity contribution in [3.8, 4) is 0 Å². The summed E-state index contributed by atoms with van der Waals surface area (Å²) in [5.74, 6) is 0.987. The van der Waals surface area contributed by atoms with Crippen molar-refractivity contribution in [3.05, 3.63) is 30.6 Å². The van der Waals surface area contributed by atoms with E-state index in [0.717, 1.165) is 29.8 Å². The molecule has 0 bridgehead atoms. The topological polar surface area (TPSA) is 41.0 Å². The number of hydrogen-bond acceptors (Lipinski definition) is 4. The molecule has 0 aliphatic rings. The number of hydrogen-bond donors (Lipinski definition) is 1. The fourth-order valence-corrected chi connectivity index (χ4v) is 1.68. The van der Waals surface area contributed by atoms with Crippen molar-refractivity contribution in [2.24, 2.45) is 0 Å². The fraction of sp³-hybridized carbons (Fsp3) is 0.333. The van der Waals surface area contributed by atoms with Crippen molar-refractivity contribution in [2.75, 3.05) is 32.1 Å². The van der Waals surface area contributed by atoms with Crippen LogP contribution in [-0.4, -0.2) is 37.2 Å². The maximum absolute atomic E-state index is 4.35. The van der Waals surface area contributed by atoms with Crippen molar-refractivity contribution in [2.45, 2.75) is 0 Å². The summed E-state index contributed by atoms with van der Waals surface area (Å²) in [4.78, 5) is 10.7. The smallest absolute Gasteiger partial charge is 0.139 e. The number of para-hydroxylation sites is 1. The van der Waals surface area contributed by atoms with Gasteiger partial charge in [0, 0.05) is 25.5 Å². The van der Waals surface area contributed by atoms with Gasteiger partial charge in [-0.1, -0.05) is 12.1 Å². The zero-order chi connectivity index (χ0) is 11.4. The lowest BCUT2D eigenvalue weighted by atomic mass is 10.2. The summed E-state index contributed by atoms with van der Waals surface area (Å²) in [5.41, 5.74) is 0.990. The van der Waals surface area contributed by atoms with Gasteiger partial charge in [-0.15, -0.1) is 0 Å². The molecule has 0 radical (unpaired) electrons. The van der Waals surface area contributed by atoms with E-state index in [1.54, 1.807) is 6.33 Å². The van der Waals surface area contributed by atoms with Gasteiger partial charge in [0.15, 0.2) is 0 Å². The van der Waals surface area contributed by atoms with Gasteiger partial charge in [-0.3, -0.25) is 0 Å². The second-order valence-corrected chi connectivity index (χ2v) is 3.74. The minimum absolute atomic E-state index is 0.928. The second-order valence-electron chi connectivity index (χ2n) is 3.74. The lowest BCUT2D eigenvalue weighted by molar-refractivity contribution is 0.762. The van der Waals surface area contributed by atoms with Crippen LogP contribution in [-0.2, 0) is 0 Å². The molecule has 0 fully saturated rings. The summed E-state index contributed by atoms with van der Waals surface area (Å²) >= 11 is 0. The Morgan fingerprint density at radius 2 is 2.06 bits per heavy atom. The average Bonchev–Trinajstić information content (AvgIpc) is 2.35. The maximum atomic E-state index is 4.35. The SMILES string of the molecule is CNCCN(C)c1ncnc2ccccc12. The summed E-state index contributed by atoms with van der Waals surface area (Å²) in [6, 6.07) is 8.07. The number of nitrogens with zero attached hydrogens (tertiary/aromatic N) is 3. The Hall–Kier alpha value is -1.68. The van der Waals surface area contributed by atoms with E-state index in [-0.39, 0.29) is 0 Å². The molecule has 0 aliphatic heterocycles. The Balaban J connectivity index is 2.36. The highest BCUT2D eigenvalue weighted by Gasteiger charge is 2.06. The Bertz CT molecular complexity index is 464.